The van der Waals surface area contributed by atoms with Crippen molar-refractivity contribution in [2.45, 2.75) is 71.8 Å². The van der Waals surface area contributed by atoms with Crippen LogP contribution in [0, 0.1) is 5.92 Å². The van der Waals surface area contributed by atoms with Crippen LogP contribution in [0.15, 0.2) is 24.8 Å². The lowest BCUT2D eigenvalue weighted by atomic mass is 9.90. The average Bonchev–Trinajstić information content (AvgIpc) is 2.35. The van der Waals surface area contributed by atoms with Gasteiger partial charge in [-0.3, -0.25) is 4.79 Å². The van der Waals surface area contributed by atoms with E-state index in [4.69, 9.17) is 4.74 Å². The van der Waals surface area contributed by atoms with E-state index in [1.807, 2.05) is 6.08 Å². The summed E-state index contributed by atoms with van der Waals surface area (Å²) in [6.45, 7) is 13.5. The van der Waals surface area contributed by atoms with Crippen LogP contribution in [0.4, 0.5) is 0 Å². The van der Waals surface area contributed by atoms with E-state index < -0.39 is 0 Å². The molecule has 0 radical (unpaired) electrons. The van der Waals surface area contributed by atoms with E-state index in [0.717, 1.165) is 32.1 Å². The summed E-state index contributed by atoms with van der Waals surface area (Å²) in [6, 6.07) is 0. The van der Waals surface area contributed by atoms with Crippen molar-refractivity contribution in [2.24, 2.45) is 5.92 Å². The molecule has 0 N–H and O–H groups in total. The van der Waals surface area contributed by atoms with Gasteiger partial charge >= 0.3 is 5.97 Å². The number of carbonyl (C=O) groups is 1. The zero-order valence-electron chi connectivity index (χ0n) is 12.9. The normalized spacial score (nSPS) is 13.6. The summed E-state index contributed by atoms with van der Waals surface area (Å²) in [7, 11) is 0. The Balaban J connectivity index is 3.88. The number of rotatable bonds is 11. The van der Waals surface area contributed by atoms with E-state index >= 15 is 0 Å². The summed E-state index contributed by atoms with van der Waals surface area (Å²) in [5.41, 5.74) is 1.27. The van der Waals surface area contributed by atoms with Crippen molar-refractivity contribution in [1.82, 2.24) is 0 Å². The Morgan fingerprint density at radius 2 is 1.84 bits per heavy atom. The second kappa shape index (κ2) is 10.8. The van der Waals surface area contributed by atoms with E-state index in [-0.39, 0.29) is 12.1 Å². The van der Waals surface area contributed by atoms with Crippen molar-refractivity contribution in [3.63, 3.8) is 0 Å². The van der Waals surface area contributed by atoms with Crippen LogP contribution in [0.1, 0.15) is 65.7 Å². The summed E-state index contributed by atoms with van der Waals surface area (Å²) in [6.07, 6.45) is 9.62. The molecule has 19 heavy (non-hydrogen) atoms. The number of carbonyl (C=O) groups excluding carboxylic acids is 1. The van der Waals surface area contributed by atoms with Crippen molar-refractivity contribution < 1.29 is 9.53 Å². The number of allylic oxidation sites excluding steroid dienone is 2. The molecule has 0 spiro atoms. The van der Waals surface area contributed by atoms with Crippen molar-refractivity contribution in [1.29, 1.82) is 0 Å². The molecular formula is C17H30O2. The quantitative estimate of drug-likeness (QED) is 0.297. The van der Waals surface area contributed by atoms with Gasteiger partial charge in [0.2, 0.25) is 0 Å². The van der Waals surface area contributed by atoms with Gasteiger partial charge in [0, 0.05) is 6.92 Å². The molecule has 0 aromatic carbocycles. The molecule has 0 amide bonds. The fraction of sp³-hybridized carbons (Fsp3) is 0.706. The maximum Gasteiger partial charge on any atom is 0.302 e. The largest absolute Gasteiger partial charge is 0.463 e. The van der Waals surface area contributed by atoms with Crippen LogP contribution in [0.2, 0.25) is 0 Å². The van der Waals surface area contributed by atoms with Gasteiger partial charge in [0.15, 0.2) is 0 Å². The standard InChI is InChI=1S/C17H30O2/c1-6-8-11-16(14(3)4)12-9-10-13-17(7-2)19-15(5)18/h6,16-17H,1,3,7-13H2,2,4-5H3. The first kappa shape index (κ1) is 17.9. The fourth-order valence-corrected chi connectivity index (χ4v) is 2.30. The Hall–Kier alpha value is -1.05. The zero-order chi connectivity index (χ0) is 14.7. The maximum absolute atomic E-state index is 10.9. The lowest BCUT2D eigenvalue weighted by molar-refractivity contribution is -0.146. The van der Waals surface area contributed by atoms with E-state index in [2.05, 4.69) is 27.0 Å². The smallest absolute Gasteiger partial charge is 0.302 e. The van der Waals surface area contributed by atoms with Crippen LogP contribution >= 0.6 is 0 Å². The summed E-state index contributed by atoms with van der Waals surface area (Å²) in [5.74, 6) is 0.435. The van der Waals surface area contributed by atoms with Crippen molar-refractivity contribution in [3.05, 3.63) is 24.8 Å². The zero-order valence-corrected chi connectivity index (χ0v) is 12.9. The minimum absolute atomic E-state index is 0.0916. The number of esters is 1. The van der Waals surface area contributed by atoms with Crippen molar-refractivity contribution in [2.75, 3.05) is 0 Å². The van der Waals surface area contributed by atoms with Gasteiger partial charge < -0.3 is 4.74 Å². The van der Waals surface area contributed by atoms with Gasteiger partial charge in [0.25, 0.3) is 0 Å². The first-order valence-electron chi connectivity index (χ1n) is 7.44. The van der Waals surface area contributed by atoms with Crippen LogP contribution < -0.4 is 0 Å². The van der Waals surface area contributed by atoms with E-state index in [1.54, 1.807) is 0 Å². The molecule has 0 aromatic heterocycles. The molecule has 0 rings (SSSR count). The molecular weight excluding hydrogens is 236 g/mol. The molecule has 0 heterocycles. The van der Waals surface area contributed by atoms with Crippen LogP contribution in [0.25, 0.3) is 0 Å². The first-order valence-corrected chi connectivity index (χ1v) is 7.44. The minimum Gasteiger partial charge on any atom is -0.463 e. The lowest BCUT2D eigenvalue weighted by Gasteiger charge is -2.18. The van der Waals surface area contributed by atoms with E-state index in [1.165, 1.54) is 25.3 Å². The first-order chi connectivity index (χ1) is 9.01. The van der Waals surface area contributed by atoms with Gasteiger partial charge in [-0.05, 0) is 51.4 Å². The molecule has 0 saturated heterocycles. The predicted octanol–water partition coefficient (Wildman–Crippen LogP) is 5.05. The Labute approximate surface area is 118 Å². The third kappa shape index (κ3) is 9.52. The summed E-state index contributed by atoms with van der Waals surface area (Å²) >= 11 is 0. The van der Waals surface area contributed by atoms with Gasteiger partial charge in [-0.2, -0.15) is 0 Å². The maximum atomic E-state index is 10.9. The van der Waals surface area contributed by atoms with Gasteiger partial charge in [-0.25, -0.2) is 0 Å². The molecule has 0 bridgehead atoms. The molecule has 2 nitrogen and oxygen atoms in total. The second-order valence-electron chi connectivity index (χ2n) is 5.33. The summed E-state index contributed by atoms with van der Waals surface area (Å²) in [4.78, 5) is 10.9. The van der Waals surface area contributed by atoms with Gasteiger partial charge in [0.1, 0.15) is 6.10 Å². The van der Waals surface area contributed by atoms with Crippen molar-refractivity contribution >= 4 is 5.97 Å². The number of hydrogen-bond donors (Lipinski definition) is 0. The Morgan fingerprint density at radius 1 is 1.21 bits per heavy atom. The molecule has 0 saturated carbocycles. The van der Waals surface area contributed by atoms with Crippen molar-refractivity contribution in [3.8, 4) is 0 Å². The highest BCUT2D eigenvalue weighted by atomic mass is 16.5. The summed E-state index contributed by atoms with van der Waals surface area (Å²) in [5, 5.41) is 0. The van der Waals surface area contributed by atoms with Crippen LogP contribution in [0.3, 0.4) is 0 Å². The highest BCUT2D eigenvalue weighted by Gasteiger charge is 2.11. The SMILES string of the molecule is C=CCCC(CCCCC(CC)OC(C)=O)C(=C)C. The average molecular weight is 266 g/mol. The molecule has 2 unspecified atom stereocenters. The second-order valence-corrected chi connectivity index (χ2v) is 5.33. The Kier molecular flexibility index (Phi) is 10.2. The molecule has 2 atom stereocenters. The molecule has 110 valence electrons. The lowest BCUT2D eigenvalue weighted by Crippen LogP contribution is -2.15. The third-order valence-corrected chi connectivity index (χ3v) is 3.53. The molecule has 0 aliphatic heterocycles. The van der Waals surface area contributed by atoms with Crippen LogP contribution in [0.5, 0.6) is 0 Å². The topological polar surface area (TPSA) is 26.3 Å². The third-order valence-electron chi connectivity index (χ3n) is 3.53. The highest BCUT2D eigenvalue weighted by molar-refractivity contribution is 5.66. The monoisotopic (exact) mass is 266 g/mol. The Morgan fingerprint density at radius 3 is 2.32 bits per heavy atom. The molecule has 0 fully saturated rings. The molecule has 0 aliphatic carbocycles. The fourth-order valence-electron chi connectivity index (χ4n) is 2.30. The van der Waals surface area contributed by atoms with Gasteiger partial charge in [-0.1, -0.05) is 31.6 Å². The number of unbranched alkanes of at least 4 members (excludes halogenated alkanes) is 1. The van der Waals surface area contributed by atoms with Crippen LogP contribution in [-0.4, -0.2) is 12.1 Å². The molecule has 0 aliphatic rings. The molecule has 0 aromatic rings. The number of hydrogen-bond acceptors (Lipinski definition) is 2. The van der Waals surface area contributed by atoms with Gasteiger partial charge in [-0.15, -0.1) is 6.58 Å². The minimum atomic E-state index is -0.169. The van der Waals surface area contributed by atoms with E-state index in [0.29, 0.717) is 5.92 Å². The van der Waals surface area contributed by atoms with Crippen LogP contribution in [-0.2, 0) is 9.53 Å². The number of ether oxygens (including phenoxy) is 1. The predicted molar refractivity (Wildman–Crippen MR) is 82.0 cm³/mol. The van der Waals surface area contributed by atoms with E-state index in [9.17, 15) is 4.79 Å². The summed E-state index contributed by atoms with van der Waals surface area (Å²) < 4.78 is 5.25. The molecule has 2 heteroatoms. The Bertz CT molecular complexity index is 281. The van der Waals surface area contributed by atoms with Gasteiger partial charge in [0.05, 0.1) is 0 Å². The highest BCUT2D eigenvalue weighted by Crippen LogP contribution is 2.23.